The molecule has 0 aliphatic carbocycles. The van der Waals surface area contributed by atoms with E-state index in [1.165, 1.54) is 16.4 Å². The third kappa shape index (κ3) is 2.50. The number of fused-ring (bicyclic) bond motifs is 1. The molecule has 0 N–H and O–H groups in total. The van der Waals surface area contributed by atoms with Crippen molar-refractivity contribution in [1.82, 2.24) is 0 Å². The van der Waals surface area contributed by atoms with Gasteiger partial charge in [-0.25, -0.2) is 8.42 Å². The molecule has 1 aliphatic heterocycles. The molecule has 0 saturated heterocycles. The van der Waals surface area contributed by atoms with Gasteiger partial charge in [0.05, 0.1) is 17.2 Å². The Kier molecular flexibility index (Phi) is 3.69. The van der Waals surface area contributed by atoms with Gasteiger partial charge in [-0.3, -0.25) is 14.4 Å². The highest BCUT2D eigenvalue weighted by Crippen LogP contribution is 2.37. The zero-order valence-electron chi connectivity index (χ0n) is 12.3. The van der Waals surface area contributed by atoms with Crippen molar-refractivity contribution in [3.63, 3.8) is 0 Å². The second-order valence-corrected chi connectivity index (χ2v) is 6.87. The standard InChI is InChI=1S/C15H14N2O5S/c1-11-5-4-7-13(17(18)19)15(11)23(20,21)16-9-10-22-14-8-3-2-6-12(14)16/h2-8H,9-10H2,1H3. The molecule has 8 heteroatoms. The third-order valence-corrected chi connectivity index (χ3v) is 5.63. The van der Waals surface area contributed by atoms with Gasteiger partial charge >= 0.3 is 0 Å². The van der Waals surface area contributed by atoms with Gasteiger partial charge in [-0.2, -0.15) is 0 Å². The Morgan fingerprint density at radius 1 is 1.17 bits per heavy atom. The lowest BCUT2D eigenvalue weighted by atomic mass is 10.2. The summed E-state index contributed by atoms with van der Waals surface area (Å²) in [5.74, 6) is 0.443. The second kappa shape index (κ2) is 5.54. The average Bonchev–Trinajstić information content (AvgIpc) is 2.53. The van der Waals surface area contributed by atoms with Crippen molar-refractivity contribution >= 4 is 21.4 Å². The van der Waals surface area contributed by atoms with E-state index in [-0.39, 0.29) is 18.0 Å². The minimum absolute atomic E-state index is 0.102. The van der Waals surface area contributed by atoms with Crippen molar-refractivity contribution in [1.29, 1.82) is 0 Å². The Hall–Kier alpha value is -2.61. The van der Waals surface area contributed by atoms with E-state index >= 15 is 0 Å². The fourth-order valence-electron chi connectivity index (χ4n) is 2.62. The molecule has 0 unspecified atom stereocenters. The van der Waals surface area contributed by atoms with Crippen LogP contribution in [0.2, 0.25) is 0 Å². The first-order valence-corrected chi connectivity index (χ1v) is 8.35. The summed E-state index contributed by atoms with van der Waals surface area (Å²) in [4.78, 5) is 10.3. The summed E-state index contributed by atoms with van der Waals surface area (Å²) in [6.45, 7) is 1.84. The van der Waals surface area contributed by atoms with Crippen LogP contribution in [0, 0.1) is 17.0 Å². The second-order valence-electron chi connectivity index (χ2n) is 5.07. The van der Waals surface area contributed by atoms with E-state index in [0.717, 1.165) is 0 Å². The zero-order chi connectivity index (χ0) is 16.6. The number of rotatable bonds is 3. The lowest BCUT2D eigenvalue weighted by Gasteiger charge is -2.30. The molecule has 120 valence electrons. The van der Waals surface area contributed by atoms with Crippen LogP contribution < -0.4 is 9.04 Å². The fraction of sp³-hybridized carbons (Fsp3) is 0.200. The monoisotopic (exact) mass is 334 g/mol. The van der Waals surface area contributed by atoms with Crippen LogP contribution in [0.1, 0.15) is 5.56 Å². The molecule has 3 rings (SSSR count). The highest BCUT2D eigenvalue weighted by molar-refractivity contribution is 7.93. The van der Waals surface area contributed by atoms with Crippen LogP contribution in [0.5, 0.6) is 5.75 Å². The Morgan fingerprint density at radius 2 is 1.91 bits per heavy atom. The first kappa shape index (κ1) is 15.3. The Morgan fingerprint density at radius 3 is 2.65 bits per heavy atom. The summed E-state index contributed by atoms with van der Waals surface area (Å²) in [5.41, 5.74) is 0.299. The van der Waals surface area contributed by atoms with E-state index in [0.29, 0.717) is 17.0 Å². The first-order chi connectivity index (χ1) is 10.9. The maximum atomic E-state index is 13.1. The number of para-hydroxylation sites is 2. The van der Waals surface area contributed by atoms with Gasteiger partial charge in [-0.05, 0) is 24.6 Å². The quantitative estimate of drug-likeness (QED) is 0.635. The molecular formula is C15H14N2O5S. The number of hydrogen-bond donors (Lipinski definition) is 0. The molecule has 0 aromatic heterocycles. The molecule has 0 bridgehead atoms. The molecule has 7 nitrogen and oxygen atoms in total. The topological polar surface area (TPSA) is 89.8 Å². The van der Waals surface area contributed by atoms with Crippen LogP contribution >= 0.6 is 0 Å². The van der Waals surface area contributed by atoms with E-state index in [1.807, 2.05) is 0 Å². The summed E-state index contributed by atoms with van der Waals surface area (Å²) < 4.78 is 32.7. The molecule has 1 heterocycles. The van der Waals surface area contributed by atoms with Gasteiger partial charge in [0.2, 0.25) is 0 Å². The maximum absolute atomic E-state index is 13.1. The SMILES string of the molecule is Cc1cccc([N+](=O)[O-])c1S(=O)(=O)N1CCOc2ccccc21. The normalized spacial score (nSPS) is 14.0. The highest BCUT2D eigenvalue weighted by Gasteiger charge is 2.36. The minimum atomic E-state index is -4.07. The summed E-state index contributed by atoms with van der Waals surface area (Å²) >= 11 is 0. The van der Waals surface area contributed by atoms with Crippen molar-refractivity contribution in [2.45, 2.75) is 11.8 Å². The van der Waals surface area contributed by atoms with Crippen molar-refractivity contribution in [3.8, 4) is 5.75 Å². The number of benzene rings is 2. The van der Waals surface area contributed by atoms with Gasteiger partial charge in [0, 0.05) is 6.07 Å². The van der Waals surface area contributed by atoms with Gasteiger partial charge in [-0.15, -0.1) is 0 Å². The molecule has 1 aliphatic rings. The van der Waals surface area contributed by atoms with Crippen molar-refractivity contribution in [2.75, 3.05) is 17.5 Å². The summed E-state index contributed by atoms with van der Waals surface area (Å²) in [6, 6.07) is 10.9. The van der Waals surface area contributed by atoms with E-state index in [9.17, 15) is 18.5 Å². The van der Waals surface area contributed by atoms with Crippen LogP contribution in [0.4, 0.5) is 11.4 Å². The summed E-state index contributed by atoms with van der Waals surface area (Å²) in [6.07, 6.45) is 0. The highest BCUT2D eigenvalue weighted by atomic mass is 32.2. The summed E-state index contributed by atoms with van der Waals surface area (Å²) in [5, 5.41) is 11.2. The van der Waals surface area contributed by atoms with Gasteiger partial charge < -0.3 is 4.74 Å². The lowest BCUT2D eigenvalue weighted by molar-refractivity contribution is -0.387. The number of sulfonamides is 1. The van der Waals surface area contributed by atoms with Crippen LogP contribution in [0.25, 0.3) is 0 Å². The molecule has 0 spiro atoms. The van der Waals surface area contributed by atoms with Gasteiger partial charge in [-0.1, -0.05) is 24.3 Å². The molecule has 0 saturated carbocycles. The van der Waals surface area contributed by atoms with E-state index in [1.54, 1.807) is 37.3 Å². The molecule has 2 aromatic rings. The Labute approximate surface area is 133 Å². The largest absolute Gasteiger partial charge is 0.489 e. The predicted molar refractivity (Wildman–Crippen MR) is 84.3 cm³/mol. The molecule has 0 fully saturated rings. The fourth-order valence-corrected chi connectivity index (χ4v) is 4.45. The first-order valence-electron chi connectivity index (χ1n) is 6.91. The van der Waals surface area contributed by atoms with Crippen molar-refractivity contribution < 1.29 is 18.1 Å². The Bertz CT molecular complexity index is 879. The number of nitro benzene ring substituents is 1. The molecule has 0 amide bonds. The number of aryl methyl sites for hydroxylation is 1. The van der Waals surface area contributed by atoms with Crippen molar-refractivity contribution in [2.24, 2.45) is 0 Å². The predicted octanol–water partition coefficient (Wildman–Crippen LogP) is 2.49. The van der Waals surface area contributed by atoms with Crippen LogP contribution in [-0.4, -0.2) is 26.5 Å². The van der Waals surface area contributed by atoms with E-state index < -0.39 is 20.6 Å². The molecular weight excluding hydrogens is 320 g/mol. The molecule has 2 aromatic carbocycles. The number of nitro groups is 1. The summed E-state index contributed by atoms with van der Waals surface area (Å²) in [7, 11) is -4.07. The van der Waals surface area contributed by atoms with Gasteiger partial charge in [0.1, 0.15) is 12.4 Å². The molecule has 23 heavy (non-hydrogen) atoms. The lowest BCUT2D eigenvalue weighted by Crippen LogP contribution is -2.38. The smallest absolute Gasteiger partial charge is 0.290 e. The van der Waals surface area contributed by atoms with Crippen molar-refractivity contribution in [3.05, 3.63) is 58.1 Å². The third-order valence-electron chi connectivity index (χ3n) is 3.62. The van der Waals surface area contributed by atoms with Crippen LogP contribution in [0.15, 0.2) is 47.4 Å². The van der Waals surface area contributed by atoms with E-state index in [4.69, 9.17) is 4.74 Å². The zero-order valence-corrected chi connectivity index (χ0v) is 13.1. The minimum Gasteiger partial charge on any atom is -0.489 e. The average molecular weight is 334 g/mol. The van der Waals surface area contributed by atoms with E-state index in [2.05, 4.69) is 0 Å². The maximum Gasteiger partial charge on any atom is 0.290 e. The van der Waals surface area contributed by atoms with Gasteiger partial charge in [0.15, 0.2) is 4.90 Å². The van der Waals surface area contributed by atoms with Gasteiger partial charge in [0.25, 0.3) is 15.7 Å². The number of anilines is 1. The Balaban J connectivity index is 2.21. The number of hydrogen-bond acceptors (Lipinski definition) is 5. The number of nitrogens with zero attached hydrogens (tertiary/aromatic N) is 2. The molecule has 0 atom stereocenters. The van der Waals surface area contributed by atoms with Crippen LogP contribution in [-0.2, 0) is 10.0 Å². The number of ether oxygens (including phenoxy) is 1. The van der Waals surface area contributed by atoms with Crippen LogP contribution in [0.3, 0.4) is 0 Å². The molecule has 0 radical (unpaired) electrons.